The van der Waals surface area contributed by atoms with Crippen molar-refractivity contribution in [1.82, 2.24) is 20.4 Å². The van der Waals surface area contributed by atoms with Gasteiger partial charge >= 0.3 is 6.18 Å². The Labute approximate surface area is 158 Å². The van der Waals surface area contributed by atoms with E-state index in [2.05, 4.69) is 15.5 Å². The van der Waals surface area contributed by atoms with Crippen LogP contribution in [0, 0.1) is 0 Å². The maximum absolute atomic E-state index is 12.4. The number of alkyl halides is 3. The summed E-state index contributed by atoms with van der Waals surface area (Å²) in [7, 11) is 0. The lowest BCUT2D eigenvalue weighted by Crippen LogP contribution is -2.49. The van der Waals surface area contributed by atoms with E-state index in [4.69, 9.17) is 16.1 Å². The van der Waals surface area contributed by atoms with Crippen LogP contribution in [0.5, 0.6) is 0 Å². The smallest absolute Gasteiger partial charge is 0.340 e. The Balaban J connectivity index is 1.62. The predicted molar refractivity (Wildman–Crippen MR) is 91.5 cm³/mol. The van der Waals surface area contributed by atoms with Crippen molar-refractivity contribution >= 4 is 17.5 Å². The van der Waals surface area contributed by atoms with Crippen molar-refractivity contribution < 1.29 is 22.5 Å². The van der Waals surface area contributed by atoms with Crippen molar-refractivity contribution in [3.05, 3.63) is 46.6 Å². The summed E-state index contributed by atoms with van der Waals surface area (Å²) in [4.78, 5) is 17.9. The molecule has 6 nitrogen and oxygen atoms in total. The highest BCUT2D eigenvalue weighted by molar-refractivity contribution is 6.30. The summed E-state index contributed by atoms with van der Waals surface area (Å²) < 4.78 is 42.3. The third-order valence-electron chi connectivity index (χ3n) is 4.22. The summed E-state index contributed by atoms with van der Waals surface area (Å²) in [5.41, 5.74) is -0.544. The molecule has 0 unspecified atom stereocenters. The SMILES string of the molecule is CC(C)(NC(=O)c1cccc(Cl)c1)c1noc(C2CN(CC(F)(F)F)C2)n1. The summed E-state index contributed by atoms with van der Waals surface area (Å²) in [6.45, 7) is 2.88. The lowest BCUT2D eigenvalue weighted by Gasteiger charge is -2.37. The van der Waals surface area contributed by atoms with Crippen LogP contribution in [0.1, 0.15) is 41.8 Å². The second-order valence-electron chi connectivity index (χ2n) is 7.05. The Hall–Kier alpha value is -2.13. The second kappa shape index (κ2) is 7.12. The maximum atomic E-state index is 12.4. The number of nitrogens with zero attached hydrogens (tertiary/aromatic N) is 3. The number of likely N-dealkylation sites (tertiary alicyclic amines) is 1. The van der Waals surface area contributed by atoms with Gasteiger partial charge in [0.2, 0.25) is 5.89 Å². The Bertz CT molecular complexity index is 832. The minimum atomic E-state index is -4.22. The first-order valence-electron chi connectivity index (χ1n) is 8.25. The Kier molecular flexibility index (Phi) is 5.18. The molecular weight excluding hydrogens is 385 g/mol. The van der Waals surface area contributed by atoms with E-state index in [0.29, 0.717) is 10.6 Å². The molecule has 1 aliphatic heterocycles. The van der Waals surface area contributed by atoms with Gasteiger partial charge in [0.15, 0.2) is 5.82 Å². The molecule has 1 fully saturated rings. The normalized spacial score (nSPS) is 16.2. The minimum absolute atomic E-state index is 0.205. The zero-order chi connectivity index (χ0) is 19.8. The molecule has 3 rings (SSSR count). The average molecular weight is 403 g/mol. The highest BCUT2D eigenvalue weighted by Crippen LogP contribution is 2.30. The zero-order valence-corrected chi connectivity index (χ0v) is 15.4. The lowest BCUT2D eigenvalue weighted by atomic mass is 9.99. The first-order valence-corrected chi connectivity index (χ1v) is 8.62. The van der Waals surface area contributed by atoms with Crippen LogP contribution in [0.25, 0.3) is 0 Å². The fraction of sp³-hybridized carbons (Fsp3) is 0.471. The molecular formula is C17H18ClF3N4O2. The average Bonchev–Trinajstić information content (AvgIpc) is 2.99. The second-order valence-corrected chi connectivity index (χ2v) is 7.49. The highest BCUT2D eigenvalue weighted by Gasteiger charge is 2.40. The minimum Gasteiger partial charge on any atom is -0.340 e. The van der Waals surface area contributed by atoms with Crippen LogP contribution in [0.3, 0.4) is 0 Å². The van der Waals surface area contributed by atoms with Gasteiger partial charge in [0.25, 0.3) is 5.91 Å². The van der Waals surface area contributed by atoms with Crippen molar-refractivity contribution in [3.8, 4) is 0 Å². The van der Waals surface area contributed by atoms with E-state index in [1.54, 1.807) is 32.0 Å². The van der Waals surface area contributed by atoms with Crippen LogP contribution in [0.15, 0.2) is 28.8 Å². The molecule has 1 amide bonds. The fourth-order valence-electron chi connectivity index (χ4n) is 2.81. The van der Waals surface area contributed by atoms with E-state index in [1.165, 1.54) is 11.0 Å². The van der Waals surface area contributed by atoms with Crippen LogP contribution in [0.4, 0.5) is 13.2 Å². The van der Waals surface area contributed by atoms with Gasteiger partial charge in [-0.25, -0.2) is 0 Å². The third-order valence-corrected chi connectivity index (χ3v) is 4.46. The van der Waals surface area contributed by atoms with E-state index in [-0.39, 0.29) is 36.6 Å². The summed E-state index contributed by atoms with van der Waals surface area (Å²) in [6, 6.07) is 6.50. The number of hydrogen-bond donors (Lipinski definition) is 1. The number of aromatic nitrogens is 2. The van der Waals surface area contributed by atoms with E-state index in [0.717, 1.165) is 0 Å². The molecule has 1 saturated heterocycles. The van der Waals surface area contributed by atoms with Crippen LogP contribution >= 0.6 is 11.6 Å². The van der Waals surface area contributed by atoms with Crippen LogP contribution < -0.4 is 5.32 Å². The number of amides is 1. The Morgan fingerprint density at radius 3 is 2.70 bits per heavy atom. The molecule has 1 N–H and O–H groups in total. The van der Waals surface area contributed by atoms with Crippen molar-refractivity contribution in [2.75, 3.05) is 19.6 Å². The number of hydrogen-bond acceptors (Lipinski definition) is 5. The molecule has 1 aromatic heterocycles. The number of carbonyl (C=O) groups excluding carboxylic acids is 1. The summed E-state index contributed by atoms with van der Waals surface area (Å²) in [5.74, 6) is -0.0717. The molecule has 0 radical (unpaired) electrons. The third kappa shape index (κ3) is 4.78. The van der Waals surface area contributed by atoms with Crippen molar-refractivity contribution in [2.45, 2.75) is 31.5 Å². The monoisotopic (exact) mass is 402 g/mol. The number of carbonyl (C=O) groups is 1. The number of rotatable bonds is 5. The van der Waals surface area contributed by atoms with Crippen LogP contribution in [-0.2, 0) is 5.54 Å². The Morgan fingerprint density at radius 1 is 1.37 bits per heavy atom. The van der Waals surface area contributed by atoms with E-state index in [9.17, 15) is 18.0 Å². The van der Waals surface area contributed by atoms with Gasteiger partial charge in [-0.3, -0.25) is 9.69 Å². The summed E-state index contributed by atoms with van der Waals surface area (Å²) in [5, 5.41) is 7.13. The van der Waals surface area contributed by atoms with E-state index < -0.39 is 18.3 Å². The Morgan fingerprint density at radius 2 is 2.07 bits per heavy atom. The summed E-state index contributed by atoms with van der Waals surface area (Å²) in [6.07, 6.45) is -4.22. The van der Waals surface area contributed by atoms with Gasteiger partial charge in [-0.1, -0.05) is 22.8 Å². The number of benzene rings is 1. The zero-order valence-electron chi connectivity index (χ0n) is 14.7. The molecule has 0 atom stereocenters. The molecule has 1 aromatic carbocycles. The van der Waals surface area contributed by atoms with Gasteiger partial charge in [-0.2, -0.15) is 18.2 Å². The van der Waals surface area contributed by atoms with Crippen molar-refractivity contribution in [3.63, 3.8) is 0 Å². The van der Waals surface area contributed by atoms with E-state index in [1.807, 2.05) is 0 Å². The van der Waals surface area contributed by atoms with E-state index >= 15 is 0 Å². The largest absolute Gasteiger partial charge is 0.401 e. The van der Waals surface area contributed by atoms with Gasteiger partial charge in [0, 0.05) is 23.7 Å². The lowest BCUT2D eigenvalue weighted by molar-refractivity contribution is -0.155. The summed E-state index contributed by atoms with van der Waals surface area (Å²) >= 11 is 5.90. The van der Waals surface area contributed by atoms with Gasteiger partial charge < -0.3 is 9.84 Å². The molecule has 0 bridgehead atoms. The molecule has 146 valence electrons. The molecule has 27 heavy (non-hydrogen) atoms. The van der Waals surface area contributed by atoms with Crippen LogP contribution in [-0.4, -0.2) is 46.8 Å². The molecule has 0 spiro atoms. The standard InChI is InChI=1S/C17H18ClF3N4O2/c1-16(2,23-13(26)10-4-3-5-12(18)6-10)15-22-14(27-24-15)11-7-25(8-11)9-17(19,20)21/h3-6,11H,7-9H2,1-2H3,(H,23,26). The van der Waals surface area contributed by atoms with Crippen molar-refractivity contribution in [2.24, 2.45) is 0 Å². The van der Waals surface area contributed by atoms with Gasteiger partial charge in [-0.15, -0.1) is 0 Å². The first kappa shape index (κ1) is 19.6. The number of halogens is 4. The van der Waals surface area contributed by atoms with Gasteiger partial charge in [-0.05, 0) is 32.0 Å². The number of nitrogens with one attached hydrogen (secondary N) is 1. The first-order chi connectivity index (χ1) is 12.5. The molecule has 0 saturated carbocycles. The van der Waals surface area contributed by atoms with Gasteiger partial charge in [0.05, 0.1) is 18.0 Å². The molecule has 0 aliphatic carbocycles. The quantitative estimate of drug-likeness (QED) is 0.830. The predicted octanol–water partition coefficient (Wildman–Crippen LogP) is 3.35. The highest BCUT2D eigenvalue weighted by atomic mass is 35.5. The molecule has 10 heteroatoms. The van der Waals surface area contributed by atoms with Crippen LogP contribution in [0.2, 0.25) is 5.02 Å². The van der Waals surface area contributed by atoms with Crippen molar-refractivity contribution in [1.29, 1.82) is 0 Å². The van der Waals surface area contributed by atoms with Gasteiger partial charge in [0.1, 0.15) is 0 Å². The molecule has 1 aliphatic rings. The fourth-order valence-corrected chi connectivity index (χ4v) is 3.00. The molecule has 2 aromatic rings. The molecule has 2 heterocycles. The maximum Gasteiger partial charge on any atom is 0.401 e. The topological polar surface area (TPSA) is 71.3 Å².